The Balaban J connectivity index is 1.52. The van der Waals surface area contributed by atoms with Gasteiger partial charge in [0.2, 0.25) is 5.91 Å². The summed E-state index contributed by atoms with van der Waals surface area (Å²) in [7, 11) is 1.34. The molecule has 0 aliphatic rings. The van der Waals surface area contributed by atoms with Gasteiger partial charge in [-0.3, -0.25) is 4.79 Å². The van der Waals surface area contributed by atoms with Gasteiger partial charge in [-0.15, -0.1) is 22.7 Å². The summed E-state index contributed by atoms with van der Waals surface area (Å²) in [5, 5.41) is 6.62. The van der Waals surface area contributed by atoms with E-state index >= 15 is 0 Å². The molecule has 9 heteroatoms. The van der Waals surface area contributed by atoms with Crippen molar-refractivity contribution in [2.24, 2.45) is 0 Å². The highest BCUT2D eigenvalue weighted by atomic mass is 32.1. The van der Waals surface area contributed by atoms with E-state index in [-0.39, 0.29) is 18.9 Å². The number of esters is 1. The van der Waals surface area contributed by atoms with Crippen LogP contribution in [0.4, 0.5) is 4.79 Å². The number of carbonyl (C=O) groups is 3. The Morgan fingerprint density at radius 3 is 2.31 bits per heavy atom. The number of carbonyl (C=O) groups excluding carboxylic acids is 3. The van der Waals surface area contributed by atoms with Gasteiger partial charge in [-0.2, -0.15) is 0 Å². The van der Waals surface area contributed by atoms with E-state index in [1.807, 2.05) is 65.4 Å². The predicted octanol–water partition coefficient (Wildman–Crippen LogP) is 5.02. The van der Waals surface area contributed by atoms with E-state index in [1.54, 1.807) is 16.2 Å². The zero-order valence-corrected chi connectivity index (χ0v) is 21.3. The van der Waals surface area contributed by atoms with Crippen LogP contribution in [0.5, 0.6) is 0 Å². The highest BCUT2D eigenvalue weighted by molar-refractivity contribution is 7.10. The number of nitrogens with one attached hydrogen (secondary N) is 1. The van der Waals surface area contributed by atoms with Gasteiger partial charge in [0.25, 0.3) is 0 Å². The van der Waals surface area contributed by atoms with Crippen LogP contribution < -0.4 is 5.32 Å². The van der Waals surface area contributed by atoms with Crippen LogP contribution in [-0.4, -0.2) is 42.6 Å². The number of hydrogen-bond donors (Lipinski definition) is 1. The quantitative estimate of drug-likeness (QED) is 0.256. The summed E-state index contributed by atoms with van der Waals surface area (Å²) < 4.78 is 10.3. The van der Waals surface area contributed by atoms with E-state index in [2.05, 4.69) is 5.32 Å². The lowest BCUT2D eigenvalue weighted by Crippen LogP contribution is -2.45. The fraction of sp³-hybridized carbons (Fsp3) is 0.346. The average molecular weight is 515 g/mol. The third kappa shape index (κ3) is 8.84. The highest BCUT2D eigenvalue weighted by Gasteiger charge is 2.30. The van der Waals surface area contributed by atoms with E-state index in [0.717, 1.165) is 15.3 Å². The van der Waals surface area contributed by atoms with E-state index in [0.29, 0.717) is 32.4 Å². The minimum absolute atomic E-state index is 0.112. The molecule has 2 heterocycles. The molecule has 7 nitrogen and oxygen atoms in total. The number of ether oxygens (including phenoxy) is 2. The van der Waals surface area contributed by atoms with Gasteiger partial charge in [0.1, 0.15) is 12.6 Å². The van der Waals surface area contributed by atoms with E-state index in [9.17, 15) is 14.4 Å². The first kappa shape index (κ1) is 26.4. The van der Waals surface area contributed by atoms with Gasteiger partial charge in [-0.25, -0.2) is 9.59 Å². The maximum atomic E-state index is 13.2. The van der Waals surface area contributed by atoms with Crippen LogP contribution in [0.1, 0.15) is 34.6 Å². The Morgan fingerprint density at radius 2 is 1.66 bits per heavy atom. The Kier molecular flexibility index (Phi) is 10.8. The van der Waals surface area contributed by atoms with Gasteiger partial charge < -0.3 is 19.7 Å². The van der Waals surface area contributed by atoms with E-state index in [4.69, 9.17) is 9.47 Å². The molecule has 0 spiro atoms. The summed E-state index contributed by atoms with van der Waals surface area (Å²) in [6, 6.07) is 16.5. The Labute approximate surface area is 213 Å². The SMILES string of the molecule is COC(=O)C(CCCCNC(=O)OCc1ccccc1)N(Cc1cccs1)C(=O)Cc1cccs1. The van der Waals surface area contributed by atoms with Gasteiger partial charge in [-0.05, 0) is 47.7 Å². The minimum Gasteiger partial charge on any atom is -0.467 e. The molecular weight excluding hydrogens is 484 g/mol. The lowest BCUT2D eigenvalue weighted by molar-refractivity contribution is -0.153. The Bertz CT molecular complexity index is 1040. The normalized spacial score (nSPS) is 11.5. The van der Waals surface area contributed by atoms with Crippen LogP contribution in [0.25, 0.3) is 0 Å². The van der Waals surface area contributed by atoms with Crippen molar-refractivity contribution in [2.75, 3.05) is 13.7 Å². The summed E-state index contributed by atoms with van der Waals surface area (Å²) in [4.78, 5) is 41.4. The Hall–Kier alpha value is -3.17. The van der Waals surface area contributed by atoms with Crippen molar-refractivity contribution in [2.45, 2.75) is 44.9 Å². The molecule has 3 rings (SSSR count). The zero-order chi connectivity index (χ0) is 24.9. The van der Waals surface area contributed by atoms with Gasteiger partial charge in [-0.1, -0.05) is 42.5 Å². The van der Waals surface area contributed by atoms with Crippen molar-refractivity contribution in [1.82, 2.24) is 10.2 Å². The second-order valence-corrected chi connectivity index (χ2v) is 9.94. The molecule has 1 unspecified atom stereocenters. The van der Waals surface area contributed by atoms with Crippen LogP contribution in [-0.2, 0) is 38.6 Å². The summed E-state index contributed by atoms with van der Waals surface area (Å²) in [6.45, 7) is 0.975. The lowest BCUT2D eigenvalue weighted by atomic mass is 10.1. The summed E-state index contributed by atoms with van der Waals surface area (Å²) in [5.41, 5.74) is 0.918. The van der Waals surface area contributed by atoms with Crippen LogP contribution >= 0.6 is 22.7 Å². The number of nitrogens with zero attached hydrogens (tertiary/aromatic N) is 1. The molecule has 0 saturated carbocycles. The molecule has 0 aliphatic heterocycles. The third-order valence-corrected chi connectivity index (χ3v) is 7.11. The molecule has 1 N–H and O–H groups in total. The van der Waals surface area contributed by atoms with Crippen LogP contribution in [0.2, 0.25) is 0 Å². The lowest BCUT2D eigenvalue weighted by Gasteiger charge is -2.30. The number of hydrogen-bond acceptors (Lipinski definition) is 7. The van der Waals surface area contributed by atoms with Crippen molar-refractivity contribution in [3.05, 3.63) is 80.7 Å². The fourth-order valence-electron chi connectivity index (χ4n) is 3.57. The first-order valence-electron chi connectivity index (χ1n) is 11.4. The molecule has 3 aromatic rings. The second-order valence-electron chi connectivity index (χ2n) is 7.88. The van der Waals surface area contributed by atoms with Crippen LogP contribution in [0.3, 0.4) is 0 Å². The molecule has 2 aromatic heterocycles. The third-order valence-electron chi connectivity index (χ3n) is 5.37. The molecule has 1 atom stereocenters. The van der Waals surface area contributed by atoms with E-state index < -0.39 is 18.1 Å². The number of amides is 2. The van der Waals surface area contributed by atoms with Gasteiger partial charge >= 0.3 is 12.1 Å². The average Bonchev–Trinajstić information content (AvgIpc) is 3.58. The molecule has 1 aromatic carbocycles. The number of thiophene rings is 2. The molecule has 0 bridgehead atoms. The first-order valence-corrected chi connectivity index (χ1v) is 13.2. The highest BCUT2D eigenvalue weighted by Crippen LogP contribution is 2.20. The molecule has 0 fully saturated rings. The first-order chi connectivity index (χ1) is 17.1. The molecule has 35 heavy (non-hydrogen) atoms. The van der Waals surface area contributed by atoms with Gasteiger partial charge in [0.05, 0.1) is 20.1 Å². The molecule has 0 radical (unpaired) electrons. The Morgan fingerprint density at radius 1 is 0.943 bits per heavy atom. The van der Waals surface area contributed by atoms with Crippen molar-refractivity contribution in [3.8, 4) is 0 Å². The summed E-state index contributed by atoms with van der Waals surface area (Å²) in [5.74, 6) is -0.546. The molecule has 0 aliphatic carbocycles. The predicted molar refractivity (Wildman–Crippen MR) is 137 cm³/mol. The van der Waals surface area contributed by atoms with Crippen LogP contribution in [0.15, 0.2) is 65.4 Å². The van der Waals surface area contributed by atoms with Crippen LogP contribution in [0, 0.1) is 0 Å². The largest absolute Gasteiger partial charge is 0.467 e. The summed E-state index contributed by atoms with van der Waals surface area (Å²) >= 11 is 3.07. The summed E-state index contributed by atoms with van der Waals surface area (Å²) in [6.07, 6.45) is 1.47. The second kappa shape index (κ2) is 14.3. The zero-order valence-electron chi connectivity index (χ0n) is 19.7. The maximum Gasteiger partial charge on any atom is 0.407 e. The molecular formula is C26H30N2O5S2. The molecule has 2 amide bonds. The van der Waals surface area contributed by atoms with Crippen molar-refractivity contribution in [1.29, 1.82) is 0 Å². The fourth-order valence-corrected chi connectivity index (χ4v) is 4.97. The van der Waals surface area contributed by atoms with Gasteiger partial charge in [0, 0.05) is 16.3 Å². The van der Waals surface area contributed by atoms with Crippen molar-refractivity contribution >= 4 is 40.6 Å². The topological polar surface area (TPSA) is 84.9 Å². The minimum atomic E-state index is -0.695. The standard InChI is InChI=1S/C26H30N2O5S2/c1-32-25(30)23(13-5-6-14-27-26(31)33-19-20-9-3-2-4-10-20)28(18-22-12-8-16-35-22)24(29)17-21-11-7-15-34-21/h2-4,7-12,15-16,23H,5-6,13-14,17-19H2,1H3,(H,27,31). The van der Waals surface area contributed by atoms with Crippen molar-refractivity contribution in [3.63, 3.8) is 0 Å². The smallest absolute Gasteiger partial charge is 0.407 e. The molecule has 186 valence electrons. The molecule has 0 saturated heterocycles. The number of benzene rings is 1. The number of alkyl carbamates (subject to hydrolysis) is 1. The number of rotatable bonds is 13. The van der Waals surface area contributed by atoms with Gasteiger partial charge in [0.15, 0.2) is 0 Å². The number of methoxy groups -OCH3 is 1. The van der Waals surface area contributed by atoms with E-state index in [1.165, 1.54) is 18.4 Å². The van der Waals surface area contributed by atoms with Crippen molar-refractivity contribution < 1.29 is 23.9 Å². The number of unbranched alkanes of at least 4 members (excludes halogenated alkanes) is 1. The monoisotopic (exact) mass is 514 g/mol. The maximum absolute atomic E-state index is 13.2.